The lowest BCUT2D eigenvalue weighted by atomic mass is 9.92. The quantitative estimate of drug-likeness (QED) is 0.812. The highest BCUT2D eigenvalue weighted by atomic mass is 32.2. The van der Waals surface area contributed by atoms with Gasteiger partial charge >= 0.3 is 0 Å². The Labute approximate surface area is 146 Å². The van der Waals surface area contributed by atoms with Crippen LogP contribution in [0.3, 0.4) is 0 Å². The van der Waals surface area contributed by atoms with Gasteiger partial charge in [-0.15, -0.1) is 0 Å². The van der Waals surface area contributed by atoms with Gasteiger partial charge in [0.25, 0.3) is 0 Å². The molecule has 2 aromatic rings. The van der Waals surface area contributed by atoms with Crippen LogP contribution in [0, 0.1) is 20.8 Å². The number of carbonyl (C=O) groups excluding carboxylic acids is 1. The van der Waals surface area contributed by atoms with Crippen molar-refractivity contribution in [3.05, 3.63) is 69.3 Å². The second-order valence-corrected chi connectivity index (χ2v) is 7.71. The zero-order valence-electron chi connectivity index (χ0n) is 14.7. The van der Waals surface area contributed by atoms with E-state index in [1.165, 1.54) is 0 Å². The van der Waals surface area contributed by atoms with Crippen LogP contribution in [-0.4, -0.2) is 15.1 Å². The van der Waals surface area contributed by atoms with Gasteiger partial charge in [-0.05, 0) is 61.1 Å². The maximum Gasteiger partial charge on any atom is 0.160 e. The SMILES string of the molecule is CC(=O)c1c(C)cc(C)c(CS(=O)Cc2ccc(CO)cc2)c1C. The fourth-order valence-corrected chi connectivity index (χ4v) is 4.56. The maximum atomic E-state index is 12.6. The van der Waals surface area contributed by atoms with Crippen molar-refractivity contribution in [1.82, 2.24) is 0 Å². The average molecular weight is 344 g/mol. The standard InChI is InChI=1S/C20H24O3S/c1-13-9-14(2)20(16(4)22)15(3)19(13)12-24(23)11-18-7-5-17(10-21)6-8-18/h5-9,21H,10-12H2,1-4H3. The van der Waals surface area contributed by atoms with Crippen LogP contribution < -0.4 is 0 Å². The van der Waals surface area contributed by atoms with Crippen LogP contribution in [0.4, 0.5) is 0 Å². The third-order valence-corrected chi connectivity index (χ3v) is 5.59. The van der Waals surface area contributed by atoms with Gasteiger partial charge in [-0.25, -0.2) is 0 Å². The Kier molecular flexibility index (Phi) is 6.08. The smallest absolute Gasteiger partial charge is 0.160 e. The number of aliphatic hydroxyl groups excluding tert-OH is 1. The van der Waals surface area contributed by atoms with Gasteiger partial charge in [0, 0.05) is 27.9 Å². The first-order valence-electron chi connectivity index (χ1n) is 7.97. The first kappa shape index (κ1) is 18.6. The molecule has 0 aliphatic heterocycles. The highest BCUT2D eigenvalue weighted by Gasteiger charge is 2.16. The minimum atomic E-state index is -1.05. The van der Waals surface area contributed by atoms with Gasteiger partial charge in [-0.1, -0.05) is 30.3 Å². The predicted molar refractivity (Wildman–Crippen MR) is 98.6 cm³/mol. The number of carbonyl (C=O) groups is 1. The van der Waals surface area contributed by atoms with Crippen molar-refractivity contribution in [1.29, 1.82) is 0 Å². The number of aryl methyl sites for hydroxylation is 2. The molecule has 0 heterocycles. The Morgan fingerprint density at radius 2 is 1.58 bits per heavy atom. The van der Waals surface area contributed by atoms with Crippen molar-refractivity contribution in [2.45, 2.75) is 45.8 Å². The van der Waals surface area contributed by atoms with Crippen molar-refractivity contribution in [2.75, 3.05) is 0 Å². The first-order valence-corrected chi connectivity index (χ1v) is 9.46. The molecule has 1 N–H and O–H groups in total. The van der Waals surface area contributed by atoms with Crippen LogP contribution in [0.1, 0.15) is 50.7 Å². The summed E-state index contributed by atoms with van der Waals surface area (Å²) in [4.78, 5) is 11.9. The van der Waals surface area contributed by atoms with Gasteiger partial charge in [-0.2, -0.15) is 0 Å². The molecule has 0 aromatic heterocycles. The number of Topliss-reactive ketones (excluding diaryl/α,β-unsaturated/α-hetero) is 1. The molecule has 4 heteroatoms. The van der Waals surface area contributed by atoms with Crippen molar-refractivity contribution >= 4 is 16.6 Å². The molecular formula is C20H24O3S. The minimum absolute atomic E-state index is 0.0128. The van der Waals surface area contributed by atoms with E-state index < -0.39 is 10.8 Å². The van der Waals surface area contributed by atoms with Gasteiger partial charge in [0.05, 0.1) is 6.61 Å². The molecule has 3 nitrogen and oxygen atoms in total. The van der Waals surface area contributed by atoms with Gasteiger partial charge < -0.3 is 5.11 Å². The summed E-state index contributed by atoms with van der Waals surface area (Å²) in [5.74, 6) is 0.963. The topological polar surface area (TPSA) is 54.4 Å². The monoisotopic (exact) mass is 344 g/mol. The fraction of sp³-hybridized carbons (Fsp3) is 0.350. The number of aliphatic hydroxyl groups is 1. The molecule has 0 radical (unpaired) electrons. The molecule has 0 saturated carbocycles. The summed E-state index contributed by atoms with van der Waals surface area (Å²) < 4.78 is 12.6. The maximum absolute atomic E-state index is 12.6. The molecule has 1 atom stereocenters. The Morgan fingerprint density at radius 3 is 2.12 bits per heavy atom. The van der Waals surface area contributed by atoms with Crippen LogP contribution in [0.15, 0.2) is 30.3 Å². The molecule has 0 aliphatic rings. The zero-order valence-corrected chi connectivity index (χ0v) is 15.5. The molecule has 2 rings (SSSR count). The van der Waals surface area contributed by atoms with Crippen molar-refractivity contribution in [2.24, 2.45) is 0 Å². The fourth-order valence-electron chi connectivity index (χ4n) is 3.13. The van der Waals surface area contributed by atoms with Gasteiger partial charge in [0.2, 0.25) is 0 Å². The molecule has 0 saturated heterocycles. The lowest BCUT2D eigenvalue weighted by Gasteiger charge is -2.15. The van der Waals surface area contributed by atoms with Crippen LogP contribution in [0.2, 0.25) is 0 Å². The second kappa shape index (κ2) is 7.86. The van der Waals surface area contributed by atoms with Crippen molar-refractivity contribution in [3.8, 4) is 0 Å². The molecule has 0 bridgehead atoms. The van der Waals surface area contributed by atoms with Crippen LogP contribution in [0.5, 0.6) is 0 Å². The molecule has 128 valence electrons. The van der Waals surface area contributed by atoms with Gasteiger partial charge in [-0.3, -0.25) is 9.00 Å². The van der Waals surface area contributed by atoms with E-state index in [1.807, 2.05) is 51.1 Å². The van der Waals surface area contributed by atoms with E-state index in [2.05, 4.69) is 0 Å². The molecular weight excluding hydrogens is 320 g/mol. The molecule has 0 amide bonds. The van der Waals surface area contributed by atoms with Crippen molar-refractivity contribution in [3.63, 3.8) is 0 Å². The Morgan fingerprint density at radius 1 is 1.00 bits per heavy atom. The summed E-state index contributed by atoms with van der Waals surface area (Å²) in [7, 11) is -1.05. The minimum Gasteiger partial charge on any atom is -0.392 e. The number of ketones is 1. The van der Waals surface area contributed by atoms with Crippen LogP contribution in [-0.2, 0) is 28.9 Å². The van der Waals surface area contributed by atoms with E-state index in [0.717, 1.165) is 38.9 Å². The molecule has 1 unspecified atom stereocenters. The highest BCUT2D eigenvalue weighted by molar-refractivity contribution is 7.83. The number of rotatable bonds is 6. The third-order valence-electron chi connectivity index (χ3n) is 4.32. The Bertz CT molecular complexity index is 776. The van der Waals surface area contributed by atoms with Crippen molar-refractivity contribution < 1.29 is 14.1 Å². The molecule has 0 spiro atoms. The highest BCUT2D eigenvalue weighted by Crippen LogP contribution is 2.24. The Hall–Kier alpha value is -1.78. The molecule has 2 aromatic carbocycles. The summed E-state index contributed by atoms with van der Waals surface area (Å²) in [5.41, 5.74) is 6.60. The summed E-state index contributed by atoms with van der Waals surface area (Å²) in [5, 5.41) is 9.07. The van der Waals surface area contributed by atoms with Gasteiger partial charge in [0.15, 0.2) is 5.78 Å². The van der Waals surface area contributed by atoms with E-state index in [1.54, 1.807) is 6.92 Å². The number of hydrogen-bond donors (Lipinski definition) is 1. The molecule has 0 aliphatic carbocycles. The largest absolute Gasteiger partial charge is 0.392 e. The van der Waals surface area contributed by atoms with E-state index in [4.69, 9.17) is 5.11 Å². The van der Waals surface area contributed by atoms with E-state index in [-0.39, 0.29) is 12.4 Å². The number of benzene rings is 2. The first-order chi connectivity index (χ1) is 11.3. The van der Waals surface area contributed by atoms with E-state index in [0.29, 0.717) is 11.5 Å². The van der Waals surface area contributed by atoms with Gasteiger partial charge in [0.1, 0.15) is 0 Å². The average Bonchev–Trinajstić information content (AvgIpc) is 2.51. The summed E-state index contributed by atoms with van der Waals surface area (Å²) in [6.07, 6.45) is 0. The normalized spacial score (nSPS) is 12.2. The number of hydrogen-bond acceptors (Lipinski definition) is 3. The second-order valence-electron chi connectivity index (χ2n) is 6.25. The summed E-state index contributed by atoms with van der Waals surface area (Å²) in [6, 6.07) is 9.51. The zero-order chi connectivity index (χ0) is 17.9. The predicted octanol–water partition coefficient (Wildman–Crippen LogP) is 3.76. The lowest BCUT2D eigenvalue weighted by molar-refractivity contribution is 0.101. The summed E-state index contributed by atoms with van der Waals surface area (Å²) >= 11 is 0. The van der Waals surface area contributed by atoms with Crippen LogP contribution in [0.25, 0.3) is 0 Å². The summed E-state index contributed by atoms with van der Waals surface area (Å²) in [6.45, 7) is 7.49. The molecule has 0 fully saturated rings. The third kappa shape index (κ3) is 4.19. The van der Waals surface area contributed by atoms with E-state index in [9.17, 15) is 9.00 Å². The van der Waals surface area contributed by atoms with E-state index >= 15 is 0 Å². The van der Waals surface area contributed by atoms with Crippen LogP contribution >= 0.6 is 0 Å². The Balaban J connectivity index is 2.22. The lowest BCUT2D eigenvalue weighted by Crippen LogP contribution is -2.09. The molecule has 24 heavy (non-hydrogen) atoms.